The summed E-state index contributed by atoms with van der Waals surface area (Å²) in [5, 5.41) is 3.04. The lowest BCUT2D eigenvalue weighted by Crippen LogP contribution is -2.16. The zero-order valence-corrected chi connectivity index (χ0v) is 12.6. The van der Waals surface area contributed by atoms with Gasteiger partial charge >= 0.3 is 0 Å². The van der Waals surface area contributed by atoms with Gasteiger partial charge in [-0.05, 0) is 36.1 Å². The number of para-hydroxylation sites is 1. The van der Waals surface area contributed by atoms with Gasteiger partial charge in [0.1, 0.15) is 0 Å². The van der Waals surface area contributed by atoms with Crippen LogP contribution in [0, 0.1) is 12.8 Å². The van der Waals surface area contributed by atoms with E-state index in [1.54, 1.807) is 11.8 Å². The summed E-state index contributed by atoms with van der Waals surface area (Å²) in [6, 6.07) is 6.15. The number of carbonyl (C=O) groups excluding carboxylic acids is 1. The molecule has 0 radical (unpaired) electrons. The average Bonchev–Trinajstić information content (AvgIpc) is 2.31. The molecule has 1 amide bonds. The normalized spacial score (nSPS) is 10.7. The van der Waals surface area contributed by atoms with Gasteiger partial charge in [0, 0.05) is 5.69 Å². The lowest BCUT2D eigenvalue weighted by molar-refractivity contribution is -0.113. The van der Waals surface area contributed by atoms with E-state index in [0.29, 0.717) is 11.7 Å². The van der Waals surface area contributed by atoms with Crippen molar-refractivity contribution in [1.29, 1.82) is 0 Å². The standard InChI is InChI=1S/C15H23NOS/c1-5-13-8-6-7-12(4)15(13)16-14(17)10-18-9-11(2)3/h6-8,11H,5,9-10H2,1-4H3,(H,16,17). The fraction of sp³-hybridized carbons (Fsp3) is 0.533. The minimum Gasteiger partial charge on any atom is -0.325 e. The van der Waals surface area contributed by atoms with E-state index >= 15 is 0 Å². The smallest absolute Gasteiger partial charge is 0.234 e. The van der Waals surface area contributed by atoms with Gasteiger partial charge in [-0.15, -0.1) is 0 Å². The number of amides is 1. The molecule has 1 aromatic rings. The summed E-state index contributed by atoms with van der Waals surface area (Å²) in [6.45, 7) is 8.48. The van der Waals surface area contributed by atoms with Crippen LogP contribution in [0.15, 0.2) is 18.2 Å². The third-order valence-electron chi connectivity index (χ3n) is 2.69. The molecule has 0 bridgehead atoms. The molecule has 0 aliphatic rings. The Bertz CT molecular complexity index is 401. The maximum Gasteiger partial charge on any atom is 0.234 e. The van der Waals surface area contributed by atoms with Gasteiger partial charge in [0.05, 0.1) is 5.75 Å². The highest BCUT2D eigenvalue weighted by Crippen LogP contribution is 2.21. The summed E-state index contributed by atoms with van der Waals surface area (Å²) in [5.41, 5.74) is 3.34. The molecule has 0 atom stereocenters. The first-order valence-electron chi connectivity index (χ1n) is 6.50. The Morgan fingerprint density at radius 1 is 1.39 bits per heavy atom. The number of thioether (sulfide) groups is 1. The predicted molar refractivity (Wildman–Crippen MR) is 81.3 cm³/mol. The van der Waals surface area contributed by atoms with Gasteiger partial charge in [-0.3, -0.25) is 4.79 Å². The van der Waals surface area contributed by atoms with E-state index in [-0.39, 0.29) is 5.91 Å². The minimum atomic E-state index is 0.102. The Morgan fingerprint density at radius 3 is 2.72 bits per heavy atom. The molecule has 0 spiro atoms. The van der Waals surface area contributed by atoms with Gasteiger partial charge in [0.2, 0.25) is 5.91 Å². The highest BCUT2D eigenvalue weighted by molar-refractivity contribution is 7.99. The van der Waals surface area contributed by atoms with Crippen LogP contribution < -0.4 is 5.32 Å². The number of benzene rings is 1. The molecule has 1 rings (SSSR count). The molecule has 18 heavy (non-hydrogen) atoms. The van der Waals surface area contributed by atoms with Crippen molar-refractivity contribution in [3.63, 3.8) is 0 Å². The van der Waals surface area contributed by atoms with Crippen molar-refractivity contribution in [2.45, 2.75) is 34.1 Å². The van der Waals surface area contributed by atoms with Crippen LogP contribution in [-0.2, 0) is 11.2 Å². The Morgan fingerprint density at radius 2 is 2.11 bits per heavy atom. The summed E-state index contributed by atoms with van der Waals surface area (Å²) in [7, 11) is 0. The Kier molecular flexibility index (Phi) is 6.27. The van der Waals surface area contributed by atoms with E-state index in [9.17, 15) is 4.79 Å². The molecule has 0 saturated heterocycles. The van der Waals surface area contributed by atoms with Crippen LogP contribution in [0.25, 0.3) is 0 Å². The third-order valence-corrected chi connectivity index (χ3v) is 4.06. The molecule has 0 heterocycles. The van der Waals surface area contributed by atoms with Crippen LogP contribution in [0.2, 0.25) is 0 Å². The molecule has 1 aromatic carbocycles. The maximum atomic E-state index is 11.9. The largest absolute Gasteiger partial charge is 0.325 e. The fourth-order valence-electron chi connectivity index (χ4n) is 1.76. The van der Waals surface area contributed by atoms with Crippen molar-refractivity contribution in [3.05, 3.63) is 29.3 Å². The third kappa shape index (κ3) is 4.73. The number of nitrogens with one attached hydrogen (secondary N) is 1. The molecule has 2 nitrogen and oxygen atoms in total. The second-order valence-electron chi connectivity index (χ2n) is 4.92. The zero-order valence-electron chi connectivity index (χ0n) is 11.7. The highest BCUT2D eigenvalue weighted by atomic mass is 32.2. The zero-order chi connectivity index (χ0) is 13.5. The summed E-state index contributed by atoms with van der Waals surface area (Å²) < 4.78 is 0. The fourth-order valence-corrected chi connectivity index (χ4v) is 2.61. The lowest BCUT2D eigenvalue weighted by Gasteiger charge is -2.13. The summed E-state index contributed by atoms with van der Waals surface area (Å²) in [4.78, 5) is 11.9. The molecule has 100 valence electrons. The van der Waals surface area contributed by atoms with E-state index in [1.807, 2.05) is 19.1 Å². The number of hydrogen-bond acceptors (Lipinski definition) is 2. The van der Waals surface area contributed by atoms with Gasteiger partial charge in [-0.25, -0.2) is 0 Å². The Hall–Kier alpha value is -0.960. The lowest BCUT2D eigenvalue weighted by atomic mass is 10.1. The van der Waals surface area contributed by atoms with Gasteiger partial charge in [-0.2, -0.15) is 11.8 Å². The van der Waals surface area contributed by atoms with E-state index in [1.165, 1.54) is 5.56 Å². The topological polar surface area (TPSA) is 29.1 Å². The van der Waals surface area contributed by atoms with Gasteiger partial charge in [0.15, 0.2) is 0 Å². The molecule has 0 unspecified atom stereocenters. The number of carbonyl (C=O) groups is 1. The quantitative estimate of drug-likeness (QED) is 0.845. The summed E-state index contributed by atoms with van der Waals surface area (Å²) >= 11 is 1.70. The van der Waals surface area contributed by atoms with Crippen LogP contribution in [0.1, 0.15) is 31.9 Å². The van der Waals surface area contributed by atoms with Crippen molar-refractivity contribution in [3.8, 4) is 0 Å². The van der Waals surface area contributed by atoms with Crippen LogP contribution in [0.5, 0.6) is 0 Å². The molecule has 0 saturated carbocycles. The number of hydrogen-bond donors (Lipinski definition) is 1. The molecule has 3 heteroatoms. The second-order valence-corrected chi connectivity index (χ2v) is 5.95. The van der Waals surface area contributed by atoms with Crippen LogP contribution >= 0.6 is 11.8 Å². The van der Waals surface area contributed by atoms with Crippen LogP contribution in [0.3, 0.4) is 0 Å². The summed E-state index contributed by atoms with van der Waals surface area (Å²) in [5.74, 6) is 2.30. The SMILES string of the molecule is CCc1cccc(C)c1NC(=O)CSCC(C)C. The van der Waals surface area contributed by atoms with Gasteiger partial charge in [0.25, 0.3) is 0 Å². The van der Waals surface area contributed by atoms with E-state index in [4.69, 9.17) is 0 Å². The van der Waals surface area contributed by atoms with Crippen LogP contribution in [0.4, 0.5) is 5.69 Å². The minimum absolute atomic E-state index is 0.102. The highest BCUT2D eigenvalue weighted by Gasteiger charge is 2.08. The van der Waals surface area contributed by atoms with Crippen molar-refractivity contribution >= 4 is 23.4 Å². The predicted octanol–water partition coefficient (Wildman–Crippen LogP) is 3.89. The molecule has 0 fully saturated rings. The van der Waals surface area contributed by atoms with E-state index in [0.717, 1.165) is 23.4 Å². The average molecular weight is 265 g/mol. The van der Waals surface area contributed by atoms with E-state index < -0.39 is 0 Å². The molecular formula is C15H23NOS. The van der Waals surface area contributed by atoms with Crippen molar-refractivity contribution in [2.24, 2.45) is 5.92 Å². The van der Waals surface area contributed by atoms with Crippen LogP contribution in [-0.4, -0.2) is 17.4 Å². The molecule has 1 N–H and O–H groups in total. The first-order chi connectivity index (χ1) is 8.54. The summed E-state index contributed by atoms with van der Waals surface area (Å²) in [6.07, 6.45) is 0.941. The van der Waals surface area contributed by atoms with Crippen molar-refractivity contribution in [2.75, 3.05) is 16.8 Å². The second kappa shape index (κ2) is 7.47. The van der Waals surface area contributed by atoms with E-state index in [2.05, 4.69) is 32.2 Å². The molecular weight excluding hydrogens is 242 g/mol. The first kappa shape index (κ1) is 15.1. The van der Waals surface area contributed by atoms with Crippen molar-refractivity contribution in [1.82, 2.24) is 0 Å². The first-order valence-corrected chi connectivity index (χ1v) is 7.66. The van der Waals surface area contributed by atoms with Gasteiger partial charge in [-0.1, -0.05) is 39.0 Å². The number of anilines is 1. The van der Waals surface area contributed by atoms with Gasteiger partial charge < -0.3 is 5.32 Å². The maximum absolute atomic E-state index is 11.9. The Balaban J connectivity index is 2.59. The molecule has 0 aromatic heterocycles. The van der Waals surface area contributed by atoms with Crippen molar-refractivity contribution < 1.29 is 4.79 Å². The molecule has 0 aliphatic heterocycles. The Labute approximate surface area is 115 Å². The molecule has 0 aliphatic carbocycles. The number of aryl methyl sites for hydroxylation is 2. The number of rotatable bonds is 6. The monoisotopic (exact) mass is 265 g/mol.